The van der Waals surface area contributed by atoms with E-state index in [-0.39, 0.29) is 182 Å². The normalized spacial score (nSPS) is 48.9. The van der Waals surface area contributed by atoms with Crippen molar-refractivity contribution in [3.63, 3.8) is 0 Å². The van der Waals surface area contributed by atoms with Crippen LogP contribution in [0.5, 0.6) is 0 Å². The van der Waals surface area contributed by atoms with Gasteiger partial charge in [0.2, 0.25) is 0 Å². The number of fused-ring (bicyclic) bond motifs is 23. The molecule has 0 radical (unpaired) electrons. The first-order valence-electron chi connectivity index (χ1n) is 44.7. The first-order valence-corrected chi connectivity index (χ1v) is 44.7. The molecule has 39 unspecified atom stereocenters. The average Bonchev–Trinajstić information content (AvgIpc) is 1.54. The molecule has 0 aromatic carbocycles. The van der Waals surface area contributed by atoms with E-state index in [4.69, 9.17) is 56.8 Å². The number of hydrogen-bond donors (Lipinski definition) is 0. The summed E-state index contributed by atoms with van der Waals surface area (Å²) in [5.74, 6) is 11.2. The van der Waals surface area contributed by atoms with E-state index in [2.05, 4.69) is 173 Å². The Kier molecular flexibility index (Phi) is 21.2. The van der Waals surface area contributed by atoms with Gasteiger partial charge in [0, 0.05) is 60.1 Å². The summed E-state index contributed by atoms with van der Waals surface area (Å²) in [4.78, 5) is 94.0. The summed E-state index contributed by atoms with van der Waals surface area (Å²) in [5, 5.41) is 0. The molecule has 39 atom stereocenters. The molecule has 11 aliphatic heterocycles. The van der Waals surface area contributed by atoms with E-state index in [1.807, 2.05) is 0 Å². The molecular formula is C94H144O20. The Morgan fingerprint density at radius 1 is 0.395 bits per heavy atom. The maximum Gasteiger partial charge on any atom is 0.313 e. The lowest BCUT2D eigenvalue weighted by molar-refractivity contribution is -0.153. The SMILES string of the molecule is CC(C)(C)C1(C)C2CC3C(=O)OC1C3C2.CC(C)(C)C1(C)C2CC3C(=O)OC1C3O2.CC(C)(C)C1CC2CC1C1COC(=O)C21.CC1C2CC(C3COC(=O)C23)C1C(C)(C)C.CCOC1C2CC(C3COC(=O)C32)C1C(C)(C)C.COC(=O)C1C2OC3C(OC(=O)C31)C2C(C)(C)C.COC1C2CC(C3COC(=O)C32)C1C(C)(C)C. The van der Waals surface area contributed by atoms with Gasteiger partial charge >= 0.3 is 47.8 Å². The lowest BCUT2D eigenvalue weighted by Gasteiger charge is -2.47. The zero-order chi connectivity index (χ0) is 83.2. The fourth-order valence-electron chi connectivity index (χ4n) is 30.7. The Bertz CT molecular complexity index is 3670. The Labute approximate surface area is 680 Å². The molecule has 21 rings (SSSR count). The monoisotopic (exact) mass is 1590 g/mol. The number of carbonyl (C=O) groups is 8. The summed E-state index contributed by atoms with van der Waals surface area (Å²) in [7, 11) is 3.14. The van der Waals surface area contributed by atoms with Crippen LogP contribution >= 0.6 is 0 Å². The highest BCUT2D eigenvalue weighted by molar-refractivity contribution is 5.87. The van der Waals surface area contributed by atoms with Crippen molar-refractivity contribution in [1.29, 1.82) is 0 Å². The molecule has 10 aliphatic carbocycles. The quantitative estimate of drug-likeness (QED) is 0.187. The van der Waals surface area contributed by atoms with E-state index in [0.29, 0.717) is 126 Å². The molecule has 0 aromatic heterocycles. The average molecular weight is 1590 g/mol. The van der Waals surface area contributed by atoms with Gasteiger partial charge < -0.3 is 56.8 Å². The second-order valence-electron chi connectivity index (χ2n) is 47.6. The maximum absolute atomic E-state index is 11.9. The predicted octanol–water partition coefficient (Wildman–Crippen LogP) is 14.9. The smallest absolute Gasteiger partial charge is 0.313 e. The lowest BCUT2D eigenvalue weighted by atomic mass is 9.58. The summed E-state index contributed by atoms with van der Waals surface area (Å²) in [5.41, 5.74) is 1.68. The molecule has 10 saturated carbocycles. The van der Waals surface area contributed by atoms with Crippen molar-refractivity contribution < 1.29 is 95.2 Å². The first-order chi connectivity index (χ1) is 52.9. The van der Waals surface area contributed by atoms with Gasteiger partial charge in [-0.25, -0.2) is 0 Å². The van der Waals surface area contributed by atoms with E-state index in [9.17, 15) is 38.4 Å². The van der Waals surface area contributed by atoms with Crippen molar-refractivity contribution in [3.8, 4) is 0 Å². The minimum Gasteiger partial charge on any atom is -0.469 e. The Hall–Kier alpha value is -4.40. The van der Waals surface area contributed by atoms with Gasteiger partial charge in [-0.05, 0) is 179 Å². The van der Waals surface area contributed by atoms with Crippen molar-refractivity contribution in [2.75, 3.05) is 47.3 Å². The van der Waals surface area contributed by atoms with Crippen molar-refractivity contribution in [1.82, 2.24) is 0 Å². The van der Waals surface area contributed by atoms with Crippen LogP contribution in [0.3, 0.4) is 0 Å². The van der Waals surface area contributed by atoms with Gasteiger partial charge in [0.1, 0.15) is 36.4 Å². The van der Waals surface area contributed by atoms with E-state index < -0.39 is 11.8 Å². The maximum atomic E-state index is 11.9. The molecular weight excluding hydrogens is 1450 g/mol. The minimum atomic E-state index is -0.504. The van der Waals surface area contributed by atoms with Crippen LogP contribution in [0.15, 0.2) is 0 Å². The van der Waals surface area contributed by atoms with Crippen molar-refractivity contribution in [3.05, 3.63) is 0 Å². The minimum absolute atomic E-state index is 0.0197. The van der Waals surface area contributed by atoms with Gasteiger partial charge in [0.05, 0.1) is 99.4 Å². The van der Waals surface area contributed by atoms with E-state index in [1.165, 1.54) is 32.8 Å². The van der Waals surface area contributed by atoms with E-state index in [1.54, 1.807) is 7.11 Å². The summed E-state index contributed by atoms with van der Waals surface area (Å²) < 4.78 is 66.0. The second-order valence-corrected chi connectivity index (χ2v) is 47.6. The van der Waals surface area contributed by atoms with Gasteiger partial charge in [-0.3, -0.25) is 38.4 Å². The largest absolute Gasteiger partial charge is 0.469 e. The fourth-order valence-corrected chi connectivity index (χ4v) is 30.7. The number of esters is 8. The molecule has 0 amide bonds. The molecule has 21 aliphatic rings. The molecule has 20 nitrogen and oxygen atoms in total. The first kappa shape index (κ1) is 84.6. The standard InChI is InChI=1S/C15H24O3.C14H22O3.C14H22O2.C13H18O5.2C13H20O2.C12H18O3/c1-5-17-13-9-6-8(12(13)15(2,3)4)10-7-18-14(16)11(9)10;1-14(2,3)11-7-5-8(12(11)16-4)10-9(7)6-17-13(10)15;1-7-8-5-9(12(7)14(2,3)4)10-6-16-13(15)11(8)10;1-13(2,3)7-8-5(11(14)16-4)6-9(17-8)10(7)18-12(6)15;1-12(2,3)13(4)7-5-8-9(6-7)11(14)15-10(8)13;1-13(2,3)10-5-7-4-8(10)9-6-15-12(14)11(7)9;1-11(2,3)12(4)7-5-6-8(14-7)9(12)15-10(6)13/h8-13H,5-7H2,1-4H3;7-12H,5-6H2,1-4H3;7-12H,5-6H2,1-4H3;5-10H,1-4H3;7-10H,5-6H2,1-4H3;7-11H,4-6H2,1-3H3;6-9H,5H2,1-4H3. The Morgan fingerprint density at radius 2 is 0.860 bits per heavy atom. The van der Waals surface area contributed by atoms with Crippen LogP contribution in [0.1, 0.15) is 224 Å². The van der Waals surface area contributed by atoms with Crippen LogP contribution in [0.2, 0.25) is 0 Å². The molecule has 11 heterocycles. The highest BCUT2D eigenvalue weighted by atomic mass is 16.6. The molecule has 114 heavy (non-hydrogen) atoms. The second kappa shape index (κ2) is 28.6. The van der Waals surface area contributed by atoms with Crippen molar-refractivity contribution in [2.45, 2.75) is 279 Å². The number of cyclic esters (lactones) is 4. The summed E-state index contributed by atoms with van der Waals surface area (Å²) in [6.45, 7) is 59.9. The van der Waals surface area contributed by atoms with Crippen LogP contribution in [0.4, 0.5) is 0 Å². The van der Waals surface area contributed by atoms with Crippen LogP contribution < -0.4 is 0 Å². The van der Waals surface area contributed by atoms with Gasteiger partial charge in [0.25, 0.3) is 0 Å². The Morgan fingerprint density at radius 3 is 1.35 bits per heavy atom. The van der Waals surface area contributed by atoms with Crippen molar-refractivity contribution >= 4 is 47.8 Å². The summed E-state index contributed by atoms with van der Waals surface area (Å²) >= 11 is 0. The van der Waals surface area contributed by atoms with Crippen LogP contribution in [0, 0.1) is 214 Å². The predicted molar refractivity (Wildman–Crippen MR) is 422 cm³/mol. The molecule has 0 spiro atoms. The lowest BCUT2D eigenvalue weighted by Crippen LogP contribution is -2.50. The molecule has 0 N–H and O–H groups in total. The van der Waals surface area contributed by atoms with Crippen molar-refractivity contribution in [2.24, 2.45) is 214 Å². The number of hydrogen-bond acceptors (Lipinski definition) is 20. The van der Waals surface area contributed by atoms with Gasteiger partial charge in [-0.2, -0.15) is 0 Å². The summed E-state index contributed by atoms with van der Waals surface area (Å²) in [6.07, 6.45) is 9.47. The number of ether oxygens (including phenoxy) is 12. The van der Waals surface area contributed by atoms with Crippen LogP contribution in [0.25, 0.3) is 0 Å². The molecule has 11 saturated heterocycles. The number of rotatable bonds is 4. The Balaban J connectivity index is 0.000000105. The highest BCUT2D eigenvalue weighted by Gasteiger charge is 2.76. The molecule has 14 bridgehead atoms. The molecule has 0 aromatic rings. The molecule has 20 heteroatoms. The highest BCUT2D eigenvalue weighted by Crippen LogP contribution is 2.71. The van der Waals surface area contributed by atoms with Gasteiger partial charge in [0.15, 0.2) is 0 Å². The van der Waals surface area contributed by atoms with Crippen LogP contribution in [-0.4, -0.2) is 150 Å². The zero-order valence-electron chi connectivity index (χ0n) is 74.2. The molecule has 21 fully saturated rings. The third kappa shape index (κ3) is 13.0. The third-order valence-electron chi connectivity index (χ3n) is 35.8. The third-order valence-corrected chi connectivity index (χ3v) is 35.8. The van der Waals surface area contributed by atoms with Crippen LogP contribution in [-0.2, 0) is 95.2 Å². The zero-order valence-corrected chi connectivity index (χ0v) is 74.2. The topological polar surface area (TPSA) is 247 Å². The van der Waals surface area contributed by atoms with E-state index in [0.717, 1.165) is 56.0 Å². The van der Waals surface area contributed by atoms with E-state index >= 15 is 0 Å². The fraction of sp³-hybridized carbons (Fsp3) is 0.915. The number of methoxy groups -OCH3 is 2. The van der Waals surface area contributed by atoms with Gasteiger partial charge in [-0.1, -0.05) is 166 Å². The summed E-state index contributed by atoms with van der Waals surface area (Å²) in [6, 6.07) is 0. The number of carbonyl (C=O) groups excluding carboxylic acids is 8. The van der Waals surface area contributed by atoms with Gasteiger partial charge in [-0.15, -0.1) is 0 Å². The molecule has 640 valence electrons.